The van der Waals surface area contributed by atoms with Gasteiger partial charge in [0.05, 0.1) is 0 Å². The molecule has 4 heteroatoms. The van der Waals surface area contributed by atoms with Crippen molar-refractivity contribution < 1.29 is 4.79 Å². The Hall–Kier alpha value is -1.48. The lowest BCUT2D eigenvalue weighted by Crippen LogP contribution is -2.35. The smallest absolute Gasteiger partial charge is 0.267 e. The summed E-state index contributed by atoms with van der Waals surface area (Å²) >= 11 is 5.98. The number of aromatic nitrogens is 1. The molecule has 1 fully saturated rings. The van der Waals surface area contributed by atoms with E-state index in [1.807, 2.05) is 24.3 Å². The number of carbonyl (C=O) groups is 1. The van der Waals surface area contributed by atoms with Gasteiger partial charge in [0, 0.05) is 22.0 Å². The average molecular weight is 305 g/mol. The van der Waals surface area contributed by atoms with Gasteiger partial charge in [0.25, 0.3) is 5.91 Å². The van der Waals surface area contributed by atoms with Crippen LogP contribution in [0.25, 0.3) is 10.9 Å². The van der Waals surface area contributed by atoms with Gasteiger partial charge in [-0.2, -0.15) is 0 Å². The number of amides is 1. The Bertz CT molecular complexity index is 627. The van der Waals surface area contributed by atoms with Gasteiger partial charge in [-0.3, -0.25) is 4.79 Å². The summed E-state index contributed by atoms with van der Waals surface area (Å²) in [4.78, 5) is 15.6. The first kappa shape index (κ1) is 14.5. The highest BCUT2D eigenvalue weighted by molar-refractivity contribution is 6.31. The fourth-order valence-electron chi connectivity index (χ4n) is 3.09. The molecule has 1 aliphatic rings. The summed E-state index contributed by atoms with van der Waals surface area (Å²) in [5.41, 5.74) is 1.57. The van der Waals surface area contributed by atoms with Crippen LogP contribution < -0.4 is 5.32 Å². The van der Waals surface area contributed by atoms with Crippen molar-refractivity contribution in [3.05, 3.63) is 35.0 Å². The molecule has 0 radical (unpaired) electrons. The first-order valence-corrected chi connectivity index (χ1v) is 8.19. The molecular formula is C17H21ClN2O. The summed E-state index contributed by atoms with van der Waals surface area (Å²) in [6.45, 7) is 0. The van der Waals surface area contributed by atoms with E-state index in [2.05, 4.69) is 10.3 Å². The Balaban J connectivity index is 1.70. The van der Waals surface area contributed by atoms with Crippen molar-refractivity contribution in [3.63, 3.8) is 0 Å². The lowest BCUT2D eigenvalue weighted by molar-refractivity contribution is 0.0926. The number of benzene rings is 1. The molecule has 1 heterocycles. The third-order valence-electron chi connectivity index (χ3n) is 4.27. The summed E-state index contributed by atoms with van der Waals surface area (Å²) in [5, 5.41) is 4.84. The van der Waals surface area contributed by atoms with Crippen molar-refractivity contribution in [3.8, 4) is 0 Å². The van der Waals surface area contributed by atoms with Crippen molar-refractivity contribution in [2.24, 2.45) is 0 Å². The highest BCUT2D eigenvalue weighted by Crippen LogP contribution is 2.21. The summed E-state index contributed by atoms with van der Waals surface area (Å²) in [7, 11) is 0. The van der Waals surface area contributed by atoms with E-state index in [0.29, 0.717) is 16.8 Å². The molecule has 0 aliphatic heterocycles. The van der Waals surface area contributed by atoms with E-state index < -0.39 is 0 Å². The second kappa shape index (κ2) is 6.52. The van der Waals surface area contributed by atoms with Crippen LogP contribution in [0.4, 0.5) is 0 Å². The van der Waals surface area contributed by atoms with E-state index in [9.17, 15) is 4.79 Å². The summed E-state index contributed by atoms with van der Waals surface area (Å²) in [6, 6.07) is 7.80. The highest BCUT2D eigenvalue weighted by atomic mass is 35.5. The van der Waals surface area contributed by atoms with Gasteiger partial charge in [-0.25, -0.2) is 0 Å². The Labute approximate surface area is 130 Å². The van der Waals surface area contributed by atoms with Crippen LogP contribution in [0.5, 0.6) is 0 Å². The van der Waals surface area contributed by atoms with Gasteiger partial charge >= 0.3 is 0 Å². The molecule has 0 bridgehead atoms. The van der Waals surface area contributed by atoms with Crippen molar-refractivity contribution >= 4 is 28.4 Å². The van der Waals surface area contributed by atoms with Crippen molar-refractivity contribution in [1.82, 2.24) is 10.3 Å². The molecular weight excluding hydrogens is 284 g/mol. The van der Waals surface area contributed by atoms with E-state index in [1.54, 1.807) is 0 Å². The summed E-state index contributed by atoms with van der Waals surface area (Å²) in [6.07, 6.45) is 8.54. The molecule has 21 heavy (non-hydrogen) atoms. The van der Waals surface area contributed by atoms with Crippen molar-refractivity contribution in [1.29, 1.82) is 0 Å². The number of nitrogens with one attached hydrogen (secondary N) is 2. The number of aromatic amines is 1. The molecule has 112 valence electrons. The number of H-pyrrole nitrogens is 1. The Morgan fingerprint density at radius 3 is 2.57 bits per heavy atom. The number of hydrogen-bond acceptors (Lipinski definition) is 1. The van der Waals surface area contributed by atoms with Gasteiger partial charge in [0.15, 0.2) is 0 Å². The minimum absolute atomic E-state index is 0.00658. The zero-order valence-electron chi connectivity index (χ0n) is 12.1. The molecule has 1 aromatic heterocycles. The van der Waals surface area contributed by atoms with Crippen molar-refractivity contribution in [2.75, 3.05) is 0 Å². The molecule has 1 aromatic carbocycles. The van der Waals surface area contributed by atoms with Gasteiger partial charge in [-0.1, -0.05) is 43.7 Å². The van der Waals surface area contributed by atoms with Crippen molar-refractivity contribution in [2.45, 2.75) is 51.0 Å². The van der Waals surface area contributed by atoms with Gasteiger partial charge < -0.3 is 10.3 Å². The fourth-order valence-corrected chi connectivity index (χ4v) is 3.27. The topological polar surface area (TPSA) is 44.9 Å². The van der Waals surface area contributed by atoms with Crippen LogP contribution in [0.1, 0.15) is 55.4 Å². The number of halogens is 1. The van der Waals surface area contributed by atoms with E-state index in [4.69, 9.17) is 11.6 Å². The molecule has 1 aliphatic carbocycles. The van der Waals surface area contributed by atoms with Gasteiger partial charge in [0.1, 0.15) is 5.69 Å². The maximum absolute atomic E-state index is 12.4. The lowest BCUT2D eigenvalue weighted by atomic mass is 9.96. The predicted molar refractivity (Wildman–Crippen MR) is 86.9 cm³/mol. The van der Waals surface area contributed by atoms with Crippen LogP contribution in [0.3, 0.4) is 0 Å². The zero-order valence-corrected chi connectivity index (χ0v) is 12.9. The normalized spacial score (nSPS) is 17.4. The predicted octanol–water partition coefficient (Wildman–Crippen LogP) is 4.66. The maximum atomic E-state index is 12.4. The standard InChI is InChI=1S/C17H21ClN2O/c18-13-8-9-15-12(10-13)11-16(20-15)17(21)19-14-6-4-2-1-3-5-7-14/h8-11,14,20H,1-7H2,(H,19,21). The van der Waals surface area contributed by atoms with Gasteiger partial charge in [-0.15, -0.1) is 0 Å². The largest absolute Gasteiger partial charge is 0.351 e. The molecule has 0 atom stereocenters. The van der Waals surface area contributed by atoms with Crippen LogP contribution in [-0.4, -0.2) is 16.9 Å². The first-order valence-electron chi connectivity index (χ1n) is 7.81. The number of rotatable bonds is 2. The SMILES string of the molecule is O=C(NC1CCCCCCC1)c1cc2cc(Cl)ccc2[nH]1. The molecule has 0 spiro atoms. The lowest BCUT2D eigenvalue weighted by Gasteiger charge is -2.20. The monoisotopic (exact) mass is 304 g/mol. The molecule has 1 saturated carbocycles. The van der Waals surface area contributed by atoms with E-state index in [-0.39, 0.29) is 5.91 Å². The van der Waals surface area contributed by atoms with Crippen LogP contribution in [0.15, 0.2) is 24.3 Å². The molecule has 2 N–H and O–H groups in total. The molecule has 0 unspecified atom stereocenters. The minimum Gasteiger partial charge on any atom is -0.351 e. The van der Waals surface area contributed by atoms with Crippen LogP contribution >= 0.6 is 11.6 Å². The minimum atomic E-state index is -0.00658. The van der Waals surface area contributed by atoms with E-state index in [1.165, 1.54) is 32.1 Å². The molecule has 3 nitrogen and oxygen atoms in total. The Morgan fingerprint density at radius 2 is 1.81 bits per heavy atom. The first-order chi connectivity index (χ1) is 10.2. The molecule has 2 aromatic rings. The van der Waals surface area contributed by atoms with Crippen LogP contribution in [0, 0.1) is 0 Å². The number of fused-ring (bicyclic) bond motifs is 1. The summed E-state index contributed by atoms with van der Waals surface area (Å²) in [5.74, 6) is -0.00658. The quantitative estimate of drug-likeness (QED) is 0.832. The molecule has 1 amide bonds. The second-order valence-electron chi connectivity index (χ2n) is 5.93. The van der Waals surface area contributed by atoms with E-state index >= 15 is 0 Å². The average Bonchev–Trinajstić information content (AvgIpc) is 2.84. The second-order valence-corrected chi connectivity index (χ2v) is 6.37. The zero-order chi connectivity index (χ0) is 14.7. The number of hydrogen-bond donors (Lipinski definition) is 2. The highest BCUT2D eigenvalue weighted by Gasteiger charge is 2.16. The molecule has 0 saturated heterocycles. The van der Waals surface area contributed by atoms with E-state index in [0.717, 1.165) is 23.7 Å². The molecule has 3 rings (SSSR count). The van der Waals surface area contributed by atoms with Gasteiger partial charge in [0.2, 0.25) is 0 Å². The van der Waals surface area contributed by atoms with Crippen LogP contribution in [-0.2, 0) is 0 Å². The Morgan fingerprint density at radius 1 is 1.10 bits per heavy atom. The third-order valence-corrected chi connectivity index (χ3v) is 4.50. The maximum Gasteiger partial charge on any atom is 0.267 e. The van der Waals surface area contributed by atoms with Crippen LogP contribution in [0.2, 0.25) is 5.02 Å². The Kier molecular flexibility index (Phi) is 4.49. The number of carbonyl (C=O) groups excluding carboxylic acids is 1. The van der Waals surface area contributed by atoms with Gasteiger partial charge in [-0.05, 0) is 37.1 Å². The summed E-state index contributed by atoms with van der Waals surface area (Å²) < 4.78 is 0. The fraction of sp³-hybridized carbons (Fsp3) is 0.471. The third kappa shape index (κ3) is 3.59.